The van der Waals surface area contributed by atoms with E-state index in [4.69, 9.17) is 5.73 Å². The lowest BCUT2D eigenvalue weighted by molar-refractivity contribution is -0.122. The number of nitrogens with zero attached hydrogens (tertiary/aromatic N) is 3. The highest BCUT2D eigenvalue weighted by molar-refractivity contribution is 6.04. The first-order valence-electron chi connectivity index (χ1n) is 9.92. The summed E-state index contributed by atoms with van der Waals surface area (Å²) in [6, 6.07) is 16.9. The van der Waals surface area contributed by atoms with Crippen LogP contribution in [0.5, 0.6) is 0 Å². The highest BCUT2D eigenvalue weighted by atomic mass is 16.2. The number of anilines is 1. The van der Waals surface area contributed by atoms with Crippen molar-refractivity contribution in [2.24, 2.45) is 5.73 Å². The van der Waals surface area contributed by atoms with Crippen molar-refractivity contribution in [2.45, 2.75) is 25.4 Å². The number of primary amides is 1. The molecule has 3 aromatic rings. The van der Waals surface area contributed by atoms with Crippen LogP contribution in [0.4, 0.5) is 5.69 Å². The van der Waals surface area contributed by atoms with Gasteiger partial charge < -0.3 is 11.1 Å². The summed E-state index contributed by atoms with van der Waals surface area (Å²) in [5, 5.41) is 2.94. The third kappa shape index (κ3) is 4.36. The van der Waals surface area contributed by atoms with Crippen molar-refractivity contribution in [3.8, 4) is 11.4 Å². The van der Waals surface area contributed by atoms with E-state index in [-0.39, 0.29) is 17.9 Å². The minimum Gasteiger partial charge on any atom is -0.368 e. The molecule has 3 N–H and O–H groups in total. The Bertz CT molecular complexity index is 1040. The highest BCUT2D eigenvalue weighted by Crippen LogP contribution is 2.24. The molecule has 0 saturated carbocycles. The second kappa shape index (κ2) is 8.84. The van der Waals surface area contributed by atoms with Gasteiger partial charge in [0.25, 0.3) is 5.91 Å². The molecular weight excluding hydrogens is 378 g/mol. The summed E-state index contributed by atoms with van der Waals surface area (Å²) in [6.45, 7) is 1.36. The Kier molecular flexibility index (Phi) is 5.81. The van der Waals surface area contributed by atoms with Crippen molar-refractivity contribution >= 4 is 17.5 Å². The molecule has 1 aliphatic heterocycles. The molecule has 2 aromatic carbocycles. The number of hydrogen-bond acceptors (Lipinski definition) is 5. The van der Waals surface area contributed by atoms with E-state index in [0.717, 1.165) is 30.5 Å². The number of hydrogen-bond donors (Lipinski definition) is 2. The maximum absolute atomic E-state index is 12.7. The molecule has 1 aliphatic rings. The number of para-hydroxylation sites is 1. The first-order valence-corrected chi connectivity index (χ1v) is 9.92. The Labute approximate surface area is 175 Å². The number of carbonyl (C=O) groups excluding carboxylic acids is 2. The lowest BCUT2D eigenvalue weighted by Gasteiger charge is -2.23. The van der Waals surface area contributed by atoms with Crippen molar-refractivity contribution in [1.29, 1.82) is 0 Å². The number of aromatic nitrogens is 2. The summed E-state index contributed by atoms with van der Waals surface area (Å²) in [6.07, 6.45) is 4.76. The van der Waals surface area contributed by atoms with Crippen LogP contribution in [0.15, 0.2) is 67.0 Å². The summed E-state index contributed by atoms with van der Waals surface area (Å²) in [5.74, 6) is -0.0151. The third-order valence-corrected chi connectivity index (χ3v) is 5.28. The zero-order valence-electron chi connectivity index (χ0n) is 16.5. The average molecular weight is 401 g/mol. The van der Waals surface area contributed by atoms with E-state index in [1.165, 1.54) is 12.4 Å². The van der Waals surface area contributed by atoms with Gasteiger partial charge in [-0.3, -0.25) is 14.5 Å². The fourth-order valence-electron chi connectivity index (χ4n) is 3.71. The van der Waals surface area contributed by atoms with Gasteiger partial charge >= 0.3 is 0 Å². The van der Waals surface area contributed by atoms with Crippen molar-refractivity contribution in [3.63, 3.8) is 0 Å². The van der Waals surface area contributed by atoms with Crippen LogP contribution in [0.1, 0.15) is 28.8 Å². The standard InChI is InChI=1S/C23H23N5O2/c24-21(29)20-11-6-12-28(20)15-17-9-4-5-10-19(17)27-23(30)18-13-25-22(26-14-18)16-7-2-1-3-8-16/h1-5,7-10,13-14,20H,6,11-12,15H2,(H2,24,29)(H,27,30). The van der Waals surface area contributed by atoms with Crippen molar-refractivity contribution in [2.75, 3.05) is 11.9 Å². The predicted molar refractivity (Wildman–Crippen MR) is 114 cm³/mol. The smallest absolute Gasteiger partial charge is 0.258 e. The second-order valence-electron chi connectivity index (χ2n) is 7.30. The van der Waals surface area contributed by atoms with Crippen LogP contribution in [0.3, 0.4) is 0 Å². The van der Waals surface area contributed by atoms with E-state index < -0.39 is 0 Å². The van der Waals surface area contributed by atoms with E-state index in [1.807, 2.05) is 54.6 Å². The molecule has 152 valence electrons. The molecule has 7 heteroatoms. The lowest BCUT2D eigenvalue weighted by atomic mass is 10.1. The Morgan fingerprint density at radius 3 is 2.47 bits per heavy atom. The largest absolute Gasteiger partial charge is 0.368 e. The predicted octanol–water partition coefficient (Wildman–Crippen LogP) is 2.85. The topological polar surface area (TPSA) is 101 Å². The normalized spacial score (nSPS) is 16.3. The van der Waals surface area contributed by atoms with Crippen LogP contribution in [0.2, 0.25) is 0 Å². The Balaban J connectivity index is 1.48. The zero-order valence-corrected chi connectivity index (χ0v) is 16.5. The monoisotopic (exact) mass is 401 g/mol. The van der Waals surface area contributed by atoms with Gasteiger partial charge in [-0.2, -0.15) is 0 Å². The van der Waals surface area contributed by atoms with Gasteiger partial charge in [-0.15, -0.1) is 0 Å². The van der Waals surface area contributed by atoms with Crippen LogP contribution in [-0.2, 0) is 11.3 Å². The number of rotatable bonds is 6. The van der Waals surface area contributed by atoms with Crippen LogP contribution in [0, 0.1) is 0 Å². The molecule has 7 nitrogen and oxygen atoms in total. The number of nitrogens with two attached hydrogens (primary N) is 1. The van der Waals surface area contributed by atoms with Crippen molar-refractivity contribution < 1.29 is 9.59 Å². The fraction of sp³-hybridized carbons (Fsp3) is 0.217. The first-order chi connectivity index (χ1) is 14.6. The molecule has 2 heterocycles. The number of benzene rings is 2. The van der Waals surface area contributed by atoms with Gasteiger partial charge in [0.05, 0.1) is 11.6 Å². The molecule has 1 unspecified atom stereocenters. The number of amides is 2. The number of carbonyl (C=O) groups is 2. The third-order valence-electron chi connectivity index (χ3n) is 5.28. The molecule has 1 saturated heterocycles. The summed E-state index contributed by atoms with van der Waals surface area (Å²) >= 11 is 0. The highest BCUT2D eigenvalue weighted by Gasteiger charge is 2.29. The van der Waals surface area contributed by atoms with E-state index in [9.17, 15) is 9.59 Å². The molecule has 1 atom stereocenters. The van der Waals surface area contributed by atoms with Crippen LogP contribution in [-0.4, -0.2) is 39.3 Å². The van der Waals surface area contributed by atoms with Gasteiger partial charge in [0.15, 0.2) is 5.82 Å². The van der Waals surface area contributed by atoms with E-state index in [1.54, 1.807) is 0 Å². The van der Waals surface area contributed by atoms with E-state index in [0.29, 0.717) is 23.6 Å². The average Bonchev–Trinajstić information content (AvgIpc) is 3.24. The molecule has 0 spiro atoms. The molecule has 0 bridgehead atoms. The SMILES string of the molecule is NC(=O)C1CCCN1Cc1ccccc1NC(=O)c1cnc(-c2ccccc2)nc1. The second-order valence-corrected chi connectivity index (χ2v) is 7.30. The minimum atomic E-state index is -0.301. The molecule has 2 amide bonds. The first kappa shape index (κ1) is 19.7. The summed E-state index contributed by atoms with van der Waals surface area (Å²) in [5.41, 5.74) is 8.43. The van der Waals surface area contributed by atoms with Gasteiger partial charge in [0, 0.05) is 30.2 Å². The molecule has 1 aromatic heterocycles. The zero-order chi connectivity index (χ0) is 20.9. The molecule has 30 heavy (non-hydrogen) atoms. The summed E-state index contributed by atoms with van der Waals surface area (Å²) < 4.78 is 0. The summed E-state index contributed by atoms with van der Waals surface area (Å²) in [4.78, 5) is 35.1. The molecule has 0 aliphatic carbocycles. The van der Waals surface area contributed by atoms with Crippen molar-refractivity contribution in [1.82, 2.24) is 14.9 Å². The van der Waals surface area contributed by atoms with Gasteiger partial charge in [0.2, 0.25) is 5.91 Å². The minimum absolute atomic E-state index is 0.257. The Morgan fingerprint density at radius 2 is 1.73 bits per heavy atom. The van der Waals surface area contributed by atoms with E-state index in [2.05, 4.69) is 20.2 Å². The van der Waals surface area contributed by atoms with Gasteiger partial charge in [-0.25, -0.2) is 9.97 Å². The fourth-order valence-corrected chi connectivity index (χ4v) is 3.71. The van der Waals surface area contributed by atoms with Gasteiger partial charge in [-0.05, 0) is 31.0 Å². The maximum Gasteiger partial charge on any atom is 0.258 e. The number of likely N-dealkylation sites (tertiary alicyclic amines) is 1. The van der Waals surface area contributed by atoms with Crippen LogP contribution < -0.4 is 11.1 Å². The van der Waals surface area contributed by atoms with Crippen LogP contribution >= 0.6 is 0 Å². The maximum atomic E-state index is 12.7. The van der Waals surface area contributed by atoms with Crippen molar-refractivity contribution in [3.05, 3.63) is 78.1 Å². The molecule has 4 rings (SSSR count). The quantitative estimate of drug-likeness (QED) is 0.661. The Morgan fingerprint density at radius 1 is 1.03 bits per heavy atom. The van der Waals surface area contributed by atoms with Crippen LogP contribution in [0.25, 0.3) is 11.4 Å². The molecule has 1 fully saturated rings. The molecular formula is C23H23N5O2. The summed E-state index contributed by atoms with van der Waals surface area (Å²) in [7, 11) is 0. The van der Waals surface area contributed by atoms with Gasteiger partial charge in [0.1, 0.15) is 0 Å². The Hall–Kier alpha value is -3.58. The van der Waals surface area contributed by atoms with Gasteiger partial charge in [-0.1, -0.05) is 48.5 Å². The lowest BCUT2D eigenvalue weighted by Crippen LogP contribution is -2.39. The number of nitrogens with one attached hydrogen (secondary N) is 1. The molecule has 0 radical (unpaired) electrons. The van der Waals surface area contributed by atoms with E-state index >= 15 is 0 Å².